The quantitative estimate of drug-likeness (QED) is 0.492. The summed E-state index contributed by atoms with van der Waals surface area (Å²) in [7, 11) is 0. The van der Waals surface area contributed by atoms with Gasteiger partial charge in [0.05, 0.1) is 6.67 Å². The zero-order valence-corrected chi connectivity index (χ0v) is 5.07. The van der Waals surface area contributed by atoms with E-state index >= 15 is 0 Å². The molecule has 0 aromatic rings. The molecule has 8 heavy (non-hydrogen) atoms. The van der Waals surface area contributed by atoms with Crippen molar-refractivity contribution >= 4 is 0 Å². The van der Waals surface area contributed by atoms with Crippen molar-refractivity contribution in [3.8, 4) is 0 Å². The van der Waals surface area contributed by atoms with Crippen molar-refractivity contribution in [2.75, 3.05) is 6.67 Å². The highest BCUT2D eigenvalue weighted by atomic mass is 19.1. The number of halogens is 1. The van der Waals surface area contributed by atoms with Gasteiger partial charge in [-0.25, -0.2) is 0 Å². The van der Waals surface area contributed by atoms with Crippen LogP contribution in [0.3, 0.4) is 0 Å². The molecule has 1 aliphatic carbocycles. The predicted molar refractivity (Wildman–Crippen MR) is 32.2 cm³/mol. The first-order valence-corrected chi connectivity index (χ1v) is 3.33. The van der Waals surface area contributed by atoms with Crippen LogP contribution < -0.4 is 0 Å². The van der Waals surface area contributed by atoms with E-state index in [1.807, 2.05) is 0 Å². The third kappa shape index (κ3) is 1.46. The molecule has 47 valence electrons. The second-order valence-electron chi connectivity index (χ2n) is 2.43. The number of rotatable bonds is 1. The van der Waals surface area contributed by atoms with Crippen molar-refractivity contribution in [1.82, 2.24) is 0 Å². The summed E-state index contributed by atoms with van der Waals surface area (Å²) in [5, 5.41) is 0. The largest absolute Gasteiger partial charge is 0.251 e. The first kappa shape index (κ1) is 6.06. The van der Waals surface area contributed by atoms with E-state index in [4.69, 9.17) is 0 Å². The highest BCUT2D eigenvalue weighted by molar-refractivity contribution is 4.79. The highest BCUT2D eigenvalue weighted by Crippen LogP contribution is 2.22. The molecule has 1 aliphatic rings. The lowest BCUT2D eigenvalue weighted by Crippen LogP contribution is -2.08. The van der Waals surface area contributed by atoms with Crippen LogP contribution in [0.15, 0.2) is 0 Å². The summed E-state index contributed by atoms with van der Waals surface area (Å²) in [5.41, 5.74) is 0. The Morgan fingerprint density at radius 3 is 2.75 bits per heavy atom. The minimum atomic E-state index is -0.139. The van der Waals surface area contributed by atoms with Gasteiger partial charge in [0.15, 0.2) is 0 Å². The Kier molecular flexibility index (Phi) is 2.31. The highest BCUT2D eigenvalue weighted by Gasteiger charge is 2.11. The Morgan fingerprint density at radius 1 is 1.50 bits per heavy atom. The molecule has 0 nitrogen and oxygen atoms in total. The molecule has 0 aromatic heterocycles. The van der Waals surface area contributed by atoms with Gasteiger partial charge in [-0.1, -0.05) is 12.8 Å². The van der Waals surface area contributed by atoms with Crippen molar-refractivity contribution in [1.29, 1.82) is 0 Å². The fraction of sp³-hybridized carbons (Fsp3) is 0.857. The molecule has 1 atom stereocenters. The summed E-state index contributed by atoms with van der Waals surface area (Å²) < 4.78 is 11.8. The fourth-order valence-electron chi connectivity index (χ4n) is 1.16. The zero-order chi connectivity index (χ0) is 5.82. The first-order chi connectivity index (χ1) is 3.93. The van der Waals surface area contributed by atoms with Gasteiger partial charge in [-0.05, 0) is 25.2 Å². The van der Waals surface area contributed by atoms with Crippen molar-refractivity contribution in [2.24, 2.45) is 5.92 Å². The molecule has 0 aliphatic heterocycles. The van der Waals surface area contributed by atoms with Crippen LogP contribution in [0, 0.1) is 12.3 Å². The second-order valence-corrected chi connectivity index (χ2v) is 2.43. The normalized spacial score (nSPS) is 23.6. The van der Waals surface area contributed by atoms with Crippen LogP contribution in [0.4, 0.5) is 4.39 Å². The maximum atomic E-state index is 11.8. The van der Waals surface area contributed by atoms with Crippen molar-refractivity contribution in [3.05, 3.63) is 6.42 Å². The molecule has 0 saturated heterocycles. The standard InChI is InChI=1S/C7H12F/c8-6-7-4-2-1-3-5-7/h4,7H,1-3,5-6H2. The average Bonchev–Trinajstić information content (AvgIpc) is 1.90. The van der Waals surface area contributed by atoms with E-state index in [0.717, 1.165) is 12.8 Å². The van der Waals surface area contributed by atoms with Crippen LogP contribution in [0.25, 0.3) is 0 Å². The van der Waals surface area contributed by atoms with Crippen LogP contribution in [0.1, 0.15) is 25.7 Å². The molecule has 1 radical (unpaired) electrons. The average molecular weight is 115 g/mol. The van der Waals surface area contributed by atoms with Gasteiger partial charge in [-0.3, -0.25) is 4.39 Å². The molecule has 0 bridgehead atoms. The monoisotopic (exact) mass is 115 g/mol. The van der Waals surface area contributed by atoms with Crippen LogP contribution in [-0.2, 0) is 0 Å². The summed E-state index contributed by atoms with van der Waals surface area (Å²) in [6.45, 7) is -0.139. The Morgan fingerprint density at radius 2 is 2.38 bits per heavy atom. The molecule has 0 N–H and O–H groups in total. The van der Waals surface area contributed by atoms with Gasteiger partial charge in [0, 0.05) is 0 Å². The van der Waals surface area contributed by atoms with Gasteiger partial charge in [0.1, 0.15) is 0 Å². The lowest BCUT2D eigenvalue weighted by Gasteiger charge is -2.16. The second kappa shape index (κ2) is 3.06. The molecule has 0 heterocycles. The number of hydrogen-bond acceptors (Lipinski definition) is 0. The Bertz CT molecular complexity index is 55.4. The van der Waals surface area contributed by atoms with E-state index in [2.05, 4.69) is 6.42 Å². The van der Waals surface area contributed by atoms with E-state index in [1.165, 1.54) is 12.8 Å². The zero-order valence-electron chi connectivity index (χ0n) is 5.07. The van der Waals surface area contributed by atoms with E-state index < -0.39 is 0 Å². The van der Waals surface area contributed by atoms with E-state index in [9.17, 15) is 4.39 Å². The Hall–Kier alpha value is -0.0700. The third-order valence-electron chi connectivity index (χ3n) is 1.73. The summed E-state index contributed by atoms with van der Waals surface area (Å²) in [4.78, 5) is 0. The van der Waals surface area contributed by atoms with Crippen LogP contribution in [0.5, 0.6) is 0 Å². The summed E-state index contributed by atoms with van der Waals surface area (Å²) >= 11 is 0. The topological polar surface area (TPSA) is 0 Å². The van der Waals surface area contributed by atoms with Crippen molar-refractivity contribution < 1.29 is 4.39 Å². The van der Waals surface area contributed by atoms with Crippen LogP contribution >= 0.6 is 0 Å². The van der Waals surface area contributed by atoms with E-state index in [0.29, 0.717) is 5.92 Å². The maximum absolute atomic E-state index is 11.8. The molecule has 0 aromatic carbocycles. The molecular weight excluding hydrogens is 103 g/mol. The molecule has 0 amide bonds. The molecule has 1 rings (SSSR count). The SMILES string of the molecule is FCC1[CH]CCCC1. The molecule has 1 heteroatoms. The minimum Gasteiger partial charge on any atom is -0.251 e. The minimum absolute atomic E-state index is 0.139. The smallest absolute Gasteiger partial charge is 0.0925 e. The van der Waals surface area contributed by atoms with Crippen LogP contribution in [0.2, 0.25) is 0 Å². The van der Waals surface area contributed by atoms with Gasteiger partial charge < -0.3 is 0 Å². The van der Waals surface area contributed by atoms with Crippen molar-refractivity contribution in [3.63, 3.8) is 0 Å². The number of alkyl halides is 1. The third-order valence-corrected chi connectivity index (χ3v) is 1.73. The van der Waals surface area contributed by atoms with Gasteiger partial charge in [-0.2, -0.15) is 0 Å². The molecule has 0 spiro atoms. The summed E-state index contributed by atoms with van der Waals surface area (Å²) in [6, 6.07) is 0. The van der Waals surface area contributed by atoms with E-state index in [1.54, 1.807) is 0 Å². The maximum Gasteiger partial charge on any atom is 0.0925 e. The molecular formula is C7H12F. The summed E-state index contributed by atoms with van der Waals surface area (Å²) in [6.07, 6.45) is 6.83. The Labute approximate surface area is 50.1 Å². The Balaban J connectivity index is 2.13. The van der Waals surface area contributed by atoms with E-state index in [-0.39, 0.29) is 6.67 Å². The number of hydrogen-bond donors (Lipinski definition) is 0. The van der Waals surface area contributed by atoms with Gasteiger partial charge in [0.25, 0.3) is 0 Å². The molecule has 1 saturated carbocycles. The molecule has 1 unspecified atom stereocenters. The lowest BCUT2D eigenvalue weighted by atomic mass is 9.90. The summed E-state index contributed by atoms with van der Waals surface area (Å²) in [5.74, 6) is 0.295. The predicted octanol–water partition coefficient (Wildman–Crippen LogP) is 2.35. The molecule has 1 fully saturated rings. The van der Waals surface area contributed by atoms with Gasteiger partial charge in [0.2, 0.25) is 0 Å². The van der Waals surface area contributed by atoms with Gasteiger partial charge >= 0.3 is 0 Å². The fourth-order valence-corrected chi connectivity index (χ4v) is 1.16. The van der Waals surface area contributed by atoms with Crippen LogP contribution in [-0.4, -0.2) is 6.67 Å². The first-order valence-electron chi connectivity index (χ1n) is 3.33. The van der Waals surface area contributed by atoms with Crippen molar-refractivity contribution in [2.45, 2.75) is 25.7 Å². The van der Waals surface area contributed by atoms with Gasteiger partial charge in [-0.15, -0.1) is 0 Å². The lowest BCUT2D eigenvalue weighted by molar-refractivity contribution is 0.338.